The molecule has 0 radical (unpaired) electrons. The zero-order valence-electron chi connectivity index (χ0n) is 11.8. The number of nitrogens with zero attached hydrogens (tertiary/aromatic N) is 1. The molecule has 0 aliphatic heterocycles. The summed E-state index contributed by atoms with van der Waals surface area (Å²) in [6, 6.07) is 7.43. The normalized spacial score (nSPS) is 15.4. The Morgan fingerprint density at radius 1 is 1.48 bits per heavy atom. The van der Waals surface area contributed by atoms with Gasteiger partial charge in [-0.15, -0.1) is 0 Å². The van der Waals surface area contributed by atoms with E-state index in [0.717, 1.165) is 24.5 Å². The number of carbonyl (C=O) groups is 1. The van der Waals surface area contributed by atoms with Crippen molar-refractivity contribution >= 4 is 12.0 Å². The third kappa shape index (κ3) is 3.99. The first-order valence-corrected chi connectivity index (χ1v) is 6.67. The van der Waals surface area contributed by atoms with Gasteiger partial charge in [-0.1, -0.05) is 6.07 Å². The largest absolute Gasteiger partial charge is 0.493 e. The van der Waals surface area contributed by atoms with Crippen LogP contribution >= 0.6 is 0 Å². The van der Waals surface area contributed by atoms with Crippen LogP contribution in [0.1, 0.15) is 24.8 Å². The van der Waals surface area contributed by atoms with Crippen molar-refractivity contribution in [2.45, 2.75) is 19.3 Å². The van der Waals surface area contributed by atoms with Crippen LogP contribution in [-0.2, 0) is 4.79 Å². The predicted octanol–water partition coefficient (Wildman–Crippen LogP) is 2.87. The molecule has 21 heavy (non-hydrogen) atoms. The van der Waals surface area contributed by atoms with E-state index in [0.29, 0.717) is 24.5 Å². The molecule has 0 aromatic heterocycles. The number of ether oxygens (including phenoxy) is 2. The van der Waals surface area contributed by atoms with E-state index in [4.69, 9.17) is 19.8 Å². The lowest BCUT2D eigenvalue weighted by atomic mass is 10.1. The maximum absolute atomic E-state index is 10.5. The summed E-state index contributed by atoms with van der Waals surface area (Å²) < 4.78 is 11.0. The molecule has 0 heterocycles. The van der Waals surface area contributed by atoms with Crippen molar-refractivity contribution in [3.8, 4) is 17.6 Å². The molecule has 1 aromatic rings. The quantitative estimate of drug-likeness (QED) is 0.780. The van der Waals surface area contributed by atoms with Crippen LogP contribution in [0.2, 0.25) is 0 Å². The molecule has 1 aliphatic carbocycles. The van der Waals surface area contributed by atoms with Gasteiger partial charge in [0.15, 0.2) is 11.5 Å². The molecule has 0 spiro atoms. The summed E-state index contributed by atoms with van der Waals surface area (Å²) in [5.41, 5.74) is 0.724. The predicted molar refractivity (Wildman–Crippen MR) is 77.1 cm³/mol. The van der Waals surface area contributed by atoms with Gasteiger partial charge in [0.1, 0.15) is 0 Å². The van der Waals surface area contributed by atoms with E-state index in [9.17, 15) is 4.79 Å². The average Bonchev–Trinajstić information content (AvgIpc) is 3.23. The number of benzene rings is 1. The van der Waals surface area contributed by atoms with Gasteiger partial charge >= 0.3 is 5.97 Å². The Morgan fingerprint density at radius 2 is 2.24 bits per heavy atom. The Hall–Kier alpha value is -2.48. The lowest BCUT2D eigenvalue weighted by molar-refractivity contribution is -0.131. The van der Waals surface area contributed by atoms with Gasteiger partial charge in [0.2, 0.25) is 0 Å². The van der Waals surface area contributed by atoms with Crippen molar-refractivity contribution in [3.63, 3.8) is 0 Å². The van der Waals surface area contributed by atoms with E-state index in [-0.39, 0.29) is 5.41 Å². The van der Waals surface area contributed by atoms with Gasteiger partial charge in [-0.2, -0.15) is 5.26 Å². The van der Waals surface area contributed by atoms with E-state index in [1.165, 1.54) is 13.2 Å². The molecule has 1 saturated carbocycles. The number of methoxy groups -OCH3 is 1. The van der Waals surface area contributed by atoms with Gasteiger partial charge in [0, 0.05) is 17.9 Å². The highest BCUT2D eigenvalue weighted by Gasteiger charge is 2.43. The molecular formula is C16H17NO4. The molecule has 2 rings (SSSR count). The molecule has 1 fully saturated rings. The van der Waals surface area contributed by atoms with Crippen LogP contribution in [0.4, 0.5) is 0 Å². The lowest BCUT2D eigenvalue weighted by Gasteiger charge is -2.15. The molecule has 0 unspecified atom stereocenters. The maximum Gasteiger partial charge on any atom is 0.328 e. The van der Waals surface area contributed by atoms with Gasteiger partial charge < -0.3 is 14.6 Å². The van der Waals surface area contributed by atoms with E-state index < -0.39 is 5.97 Å². The summed E-state index contributed by atoms with van der Waals surface area (Å²) in [7, 11) is 1.54. The monoisotopic (exact) mass is 287 g/mol. The minimum Gasteiger partial charge on any atom is -0.493 e. The van der Waals surface area contributed by atoms with Gasteiger partial charge in [0.25, 0.3) is 0 Å². The maximum atomic E-state index is 10.5. The van der Waals surface area contributed by atoms with E-state index in [2.05, 4.69) is 6.07 Å². The second-order valence-electron chi connectivity index (χ2n) is 5.21. The second kappa shape index (κ2) is 6.31. The van der Waals surface area contributed by atoms with Crippen LogP contribution in [0.5, 0.6) is 11.5 Å². The third-order valence-corrected chi connectivity index (χ3v) is 3.55. The van der Waals surface area contributed by atoms with Crippen LogP contribution in [0.25, 0.3) is 6.08 Å². The lowest BCUT2D eigenvalue weighted by Crippen LogP contribution is -2.12. The molecule has 5 nitrogen and oxygen atoms in total. The standard InChI is InChI=1S/C16H17NO4/c1-20-14-10-12(3-5-15(18)19)2-4-13(14)21-11-16(6-7-16)8-9-17/h2-5,10H,6-8,11H2,1H3,(H,18,19). The molecular weight excluding hydrogens is 270 g/mol. The zero-order chi connectivity index (χ0) is 15.3. The minimum absolute atomic E-state index is 0.00163. The molecule has 1 aliphatic rings. The molecule has 110 valence electrons. The number of rotatable bonds is 7. The van der Waals surface area contributed by atoms with Crippen LogP contribution in [-0.4, -0.2) is 24.8 Å². The smallest absolute Gasteiger partial charge is 0.328 e. The number of hydrogen-bond acceptors (Lipinski definition) is 4. The summed E-state index contributed by atoms with van der Waals surface area (Å²) in [5.74, 6) is 0.158. The first-order chi connectivity index (χ1) is 10.1. The highest BCUT2D eigenvalue weighted by Crippen LogP contribution is 2.49. The fourth-order valence-electron chi connectivity index (χ4n) is 2.02. The first-order valence-electron chi connectivity index (χ1n) is 6.67. The van der Waals surface area contributed by atoms with Crippen LogP contribution in [0, 0.1) is 16.7 Å². The van der Waals surface area contributed by atoms with E-state index >= 15 is 0 Å². The number of nitriles is 1. The van der Waals surface area contributed by atoms with Gasteiger partial charge in [-0.05, 0) is 36.6 Å². The Morgan fingerprint density at radius 3 is 2.81 bits per heavy atom. The average molecular weight is 287 g/mol. The highest BCUT2D eigenvalue weighted by molar-refractivity contribution is 5.85. The van der Waals surface area contributed by atoms with Crippen LogP contribution in [0.3, 0.4) is 0 Å². The summed E-state index contributed by atoms with van der Waals surface area (Å²) in [5, 5.41) is 17.4. The van der Waals surface area contributed by atoms with Crippen molar-refractivity contribution in [2.24, 2.45) is 5.41 Å². The molecule has 0 atom stereocenters. The fourth-order valence-corrected chi connectivity index (χ4v) is 2.02. The molecule has 0 saturated heterocycles. The van der Waals surface area contributed by atoms with Crippen LogP contribution < -0.4 is 9.47 Å². The Labute approximate surface area is 123 Å². The van der Waals surface area contributed by atoms with Crippen LogP contribution in [0.15, 0.2) is 24.3 Å². The SMILES string of the molecule is COc1cc(C=CC(=O)O)ccc1OCC1(CC#N)CC1. The van der Waals surface area contributed by atoms with Crippen molar-refractivity contribution in [1.82, 2.24) is 0 Å². The molecule has 1 N–H and O–H groups in total. The Balaban J connectivity index is 2.06. The van der Waals surface area contributed by atoms with Gasteiger partial charge in [-0.3, -0.25) is 0 Å². The Bertz CT molecular complexity index is 597. The van der Waals surface area contributed by atoms with Crippen molar-refractivity contribution < 1.29 is 19.4 Å². The summed E-state index contributed by atoms with van der Waals surface area (Å²) in [6.07, 6.45) is 5.10. The molecule has 0 bridgehead atoms. The van der Waals surface area contributed by atoms with Crippen molar-refractivity contribution in [1.29, 1.82) is 5.26 Å². The van der Waals surface area contributed by atoms with E-state index in [1.54, 1.807) is 18.2 Å². The first kappa shape index (κ1) is 14.9. The molecule has 5 heteroatoms. The fraction of sp³-hybridized carbons (Fsp3) is 0.375. The summed E-state index contributed by atoms with van der Waals surface area (Å²) in [6.45, 7) is 0.501. The number of carboxylic acid groups (broad SMARTS) is 1. The second-order valence-corrected chi connectivity index (χ2v) is 5.21. The highest BCUT2D eigenvalue weighted by atomic mass is 16.5. The molecule has 1 aromatic carbocycles. The summed E-state index contributed by atoms with van der Waals surface area (Å²) >= 11 is 0. The number of hydrogen-bond donors (Lipinski definition) is 1. The van der Waals surface area contributed by atoms with E-state index in [1.807, 2.05) is 0 Å². The molecule has 0 amide bonds. The van der Waals surface area contributed by atoms with Crippen molar-refractivity contribution in [3.05, 3.63) is 29.8 Å². The van der Waals surface area contributed by atoms with Crippen molar-refractivity contribution in [2.75, 3.05) is 13.7 Å². The number of carboxylic acids is 1. The van der Waals surface area contributed by atoms with Gasteiger partial charge in [-0.25, -0.2) is 4.79 Å². The number of aliphatic carboxylic acids is 1. The van der Waals surface area contributed by atoms with Gasteiger partial charge in [0.05, 0.1) is 19.8 Å². The minimum atomic E-state index is -0.999. The Kier molecular flexibility index (Phi) is 4.49. The third-order valence-electron chi connectivity index (χ3n) is 3.55. The topological polar surface area (TPSA) is 79.6 Å². The zero-order valence-corrected chi connectivity index (χ0v) is 11.8. The summed E-state index contributed by atoms with van der Waals surface area (Å²) in [4.78, 5) is 10.5.